The summed E-state index contributed by atoms with van der Waals surface area (Å²) in [7, 11) is 1.66. The van der Waals surface area contributed by atoms with E-state index >= 15 is 0 Å². The van der Waals surface area contributed by atoms with E-state index in [2.05, 4.69) is 4.98 Å². The van der Waals surface area contributed by atoms with Gasteiger partial charge in [-0.05, 0) is 25.0 Å². The van der Waals surface area contributed by atoms with E-state index in [1.165, 1.54) is 6.33 Å². The number of benzene rings is 1. The molecule has 0 saturated carbocycles. The SMILES string of the molecule is COCCCCn1cnc2c(Cl)cc(Cl)cc2c1=O. The van der Waals surface area contributed by atoms with Crippen LogP contribution < -0.4 is 5.56 Å². The third-order valence-corrected chi connectivity index (χ3v) is 3.35. The van der Waals surface area contributed by atoms with Gasteiger partial charge in [0.1, 0.15) is 0 Å². The van der Waals surface area contributed by atoms with E-state index in [1.807, 2.05) is 0 Å². The Morgan fingerprint density at radius 3 is 2.84 bits per heavy atom. The molecule has 0 saturated heterocycles. The minimum atomic E-state index is -0.119. The molecule has 19 heavy (non-hydrogen) atoms. The van der Waals surface area contributed by atoms with E-state index in [0.717, 1.165) is 12.8 Å². The second kappa shape index (κ2) is 6.37. The van der Waals surface area contributed by atoms with Crippen molar-refractivity contribution in [1.82, 2.24) is 9.55 Å². The standard InChI is InChI=1S/C13H14Cl2N2O2/c1-19-5-3-2-4-17-8-16-12-10(13(17)18)6-9(14)7-11(12)15/h6-8H,2-5H2,1H3. The zero-order valence-electron chi connectivity index (χ0n) is 10.5. The molecular weight excluding hydrogens is 287 g/mol. The molecule has 0 radical (unpaired) electrons. The van der Waals surface area contributed by atoms with Crippen LogP contribution in [0.3, 0.4) is 0 Å². The van der Waals surface area contributed by atoms with Gasteiger partial charge in [0, 0.05) is 25.3 Å². The Morgan fingerprint density at radius 1 is 1.32 bits per heavy atom. The fraction of sp³-hybridized carbons (Fsp3) is 0.385. The van der Waals surface area contributed by atoms with Crippen LogP contribution in [-0.4, -0.2) is 23.3 Å². The zero-order chi connectivity index (χ0) is 13.8. The van der Waals surface area contributed by atoms with E-state index in [0.29, 0.717) is 34.1 Å². The number of nitrogens with zero attached hydrogens (tertiary/aromatic N) is 2. The predicted molar refractivity (Wildman–Crippen MR) is 77.1 cm³/mol. The summed E-state index contributed by atoms with van der Waals surface area (Å²) in [6.45, 7) is 1.29. The molecule has 0 fully saturated rings. The summed E-state index contributed by atoms with van der Waals surface area (Å²) in [5.41, 5.74) is 0.371. The summed E-state index contributed by atoms with van der Waals surface area (Å²) >= 11 is 11.9. The van der Waals surface area contributed by atoms with Crippen LogP contribution in [-0.2, 0) is 11.3 Å². The normalized spacial score (nSPS) is 11.1. The number of unbranched alkanes of at least 4 members (excludes halogenated alkanes) is 1. The van der Waals surface area contributed by atoms with Crippen LogP contribution in [0.2, 0.25) is 10.0 Å². The zero-order valence-corrected chi connectivity index (χ0v) is 12.0. The Bertz CT molecular complexity index is 640. The van der Waals surface area contributed by atoms with Gasteiger partial charge in [-0.3, -0.25) is 9.36 Å². The first-order valence-electron chi connectivity index (χ1n) is 5.96. The fourth-order valence-corrected chi connectivity index (χ4v) is 2.42. The average Bonchev–Trinajstić information content (AvgIpc) is 2.37. The molecular formula is C13H14Cl2N2O2. The van der Waals surface area contributed by atoms with Crippen LogP contribution >= 0.6 is 23.2 Å². The molecule has 0 N–H and O–H groups in total. The topological polar surface area (TPSA) is 44.1 Å². The van der Waals surface area contributed by atoms with Crippen molar-refractivity contribution in [2.24, 2.45) is 0 Å². The maximum absolute atomic E-state index is 12.3. The fourth-order valence-electron chi connectivity index (χ4n) is 1.88. The lowest BCUT2D eigenvalue weighted by atomic mass is 10.2. The summed E-state index contributed by atoms with van der Waals surface area (Å²) in [6.07, 6.45) is 3.28. The molecule has 1 aromatic carbocycles. The van der Waals surface area contributed by atoms with Crippen molar-refractivity contribution in [2.75, 3.05) is 13.7 Å². The van der Waals surface area contributed by atoms with Crippen molar-refractivity contribution < 1.29 is 4.74 Å². The molecule has 0 aliphatic heterocycles. The highest BCUT2D eigenvalue weighted by Crippen LogP contribution is 2.23. The summed E-state index contributed by atoms with van der Waals surface area (Å²) < 4.78 is 6.55. The highest BCUT2D eigenvalue weighted by Gasteiger charge is 2.08. The number of rotatable bonds is 5. The quantitative estimate of drug-likeness (QED) is 0.797. The molecule has 0 aliphatic rings. The van der Waals surface area contributed by atoms with Gasteiger partial charge >= 0.3 is 0 Å². The third-order valence-electron chi connectivity index (χ3n) is 2.84. The Morgan fingerprint density at radius 2 is 2.11 bits per heavy atom. The van der Waals surface area contributed by atoms with Crippen molar-refractivity contribution in [3.8, 4) is 0 Å². The molecule has 0 bridgehead atoms. The van der Waals surface area contributed by atoms with Crippen LogP contribution in [0.4, 0.5) is 0 Å². The summed E-state index contributed by atoms with van der Waals surface area (Å²) in [4.78, 5) is 16.5. The maximum Gasteiger partial charge on any atom is 0.261 e. The van der Waals surface area contributed by atoms with Crippen LogP contribution in [0.25, 0.3) is 10.9 Å². The van der Waals surface area contributed by atoms with Crippen molar-refractivity contribution in [1.29, 1.82) is 0 Å². The predicted octanol–water partition coefficient (Wildman–Crippen LogP) is 3.13. The first-order valence-corrected chi connectivity index (χ1v) is 6.72. The van der Waals surface area contributed by atoms with Crippen LogP contribution in [0, 0.1) is 0 Å². The van der Waals surface area contributed by atoms with Gasteiger partial charge in [0.15, 0.2) is 0 Å². The van der Waals surface area contributed by atoms with Crippen molar-refractivity contribution in [3.05, 3.63) is 38.9 Å². The Hall–Kier alpha value is -1.10. The number of aromatic nitrogens is 2. The monoisotopic (exact) mass is 300 g/mol. The van der Waals surface area contributed by atoms with Gasteiger partial charge in [0.2, 0.25) is 0 Å². The largest absolute Gasteiger partial charge is 0.385 e. The van der Waals surface area contributed by atoms with Gasteiger partial charge in [-0.25, -0.2) is 4.98 Å². The molecule has 1 heterocycles. The number of aryl methyl sites for hydroxylation is 1. The van der Waals surface area contributed by atoms with Gasteiger partial charge in [0.05, 0.1) is 22.3 Å². The highest BCUT2D eigenvalue weighted by atomic mass is 35.5. The van der Waals surface area contributed by atoms with E-state index in [-0.39, 0.29) is 5.56 Å². The van der Waals surface area contributed by atoms with E-state index in [4.69, 9.17) is 27.9 Å². The maximum atomic E-state index is 12.3. The van der Waals surface area contributed by atoms with E-state index < -0.39 is 0 Å². The molecule has 1 aromatic heterocycles. The number of fused-ring (bicyclic) bond motifs is 1. The molecule has 6 heteroatoms. The smallest absolute Gasteiger partial charge is 0.261 e. The van der Waals surface area contributed by atoms with Crippen molar-refractivity contribution >= 4 is 34.1 Å². The number of methoxy groups -OCH3 is 1. The second-order valence-electron chi connectivity index (χ2n) is 4.23. The van der Waals surface area contributed by atoms with Crippen LogP contribution in [0.1, 0.15) is 12.8 Å². The summed E-state index contributed by atoms with van der Waals surface area (Å²) in [5.74, 6) is 0. The summed E-state index contributed by atoms with van der Waals surface area (Å²) in [6, 6.07) is 3.19. The Balaban J connectivity index is 2.32. The van der Waals surface area contributed by atoms with Crippen LogP contribution in [0.5, 0.6) is 0 Å². The molecule has 0 spiro atoms. The number of ether oxygens (including phenoxy) is 1. The van der Waals surface area contributed by atoms with Crippen molar-refractivity contribution in [2.45, 2.75) is 19.4 Å². The first kappa shape index (κ1) is 14.3. The van der Waals surface area contributed by atoms with Crippen molar-refractivity contribution in [3.63, 3.8) is 0 Å². The average molecular weight is 301 g/mol. The number of hydrogen-bond donors (Lipinski definition) is 0. The molecule has 0 unspecified atom stereocenters. The van der Waals surface area contributed by atoms with E-state index in [1.54, 1.807) is 23.8 Å². The Kier molecular flexibility index (Phi) is 4.80. The van der Waals surface area contributed by atoms with Crippen LogP contribution in [0.15, 0.2) is 23.3 Å². The molecule has 102 valence electrons. The third kappa shape index (κ3) is 3.26. The number of halogens is 2. The lowest BCUT2D eigenvalue weighted by Gasteiger charge is -2.07. The van der Waals surface area contributed by atoms with Gasteiger partial charge in [0.25, 0.3) is 5.56 Å². The highest BCUT2D eigenvalue weighted by molar-refractivity contribution is 6.38. The molecule has 0 amide bonds. The van der Waals surface area contributed by atoms with Gasteiger partial charge < -0.3 is 4.74 Å². The molecule has 4 nitrogen and oxygen atoms in total. The van der Waals surface area contributed by atoms with E-state index in [9.17, 15) is 4.79 Å². The Labute approximate surface area is 120 Å². The van der Waals surface area contributed by atoms with Gasteiger partial charge in [-0.2, -0.15) is 0 Å². The molecule has 2 aromatic rings. The van der Waals surface area contributed by atoms with Gasteiger partial charge in [-0.1, -0.05) is 23.2 Å². The minimum absolute atomic E-state index is 0.119. The lowest BCUT2D eigenvalue weighted by Crippen LogP contribution is -2.21. The van der Waals surface area contributed by atoms with Gasteiger partial charge in [-0.15, -0.1) is 0 Å². The molecule has 0 atom stereocenters. The molecule has 0 aliphatic carbocycles. The number of hydrogen-bond acceptors (Lipinski definition) is 3. The molecule has 2 rings (SSSR count). The first-order chi connectivity index (χ1) is 9.13. The summed E-state index contributed by atoms with van der Waals surface area (Å²) in [5, 5.41) is 1.28. The minimum Gasteiger partial charge on any atom is -0.385 e. The second-order valence-corrected chi connectivity index (χ2v) is 5.07. The lowest BCUT2D eigenvalue weighted by molar-refractivity contribution is 0.191.